The monoisotopic (exact) mass is 339 g/mol. The van der Waals surface area contributed by atoms with Crippen molar-refractivity contribution in [2.75, 3.05) is 20.1 Å². The number of hydrogen-bond donors (Lipinski definition) is 3. The Morgan fingerprint density at radius 1 is 1.25 bits per heavy atom. The summed E-state index contributed by atoms with van der Waals surface area (Å²) in [6.07, 6.45) is 5.31. The van der Waals surface area contributed by atoms with Gasteiger partial charge >= 0.3 is 0 Å². The summed E-state index contributed by atoms with van der Waals surface area (Å²) in [5.74, 6) is -1.73. The predicted molar refractivity (Wildman–Crippen MR) is 91.5 cm³/mol. The number of hydrogen-bond acceptors (Lipinski definition) is 5. The summed E-state index contributed by atoms with van der Waals surface area (Å²) in [5.41, 5.74) is -0.113. The van der Waals surface area contributed by atoms with Gasteiger partial charge < -0.3 is 25.4 Å². The second-order valence-corrected chi connectivity index (χ2v) is 5.91. The second kappa shape index (κ2) is 10.1. The first kappa shape index (κ1) is 20.2. The fourth-order valence-corrected chi connectivity index (χ4v) is 3.03. The highest BCUT2D eigenvalue weighted by Crippen LogP contribution is 2.32. The first-order chi connectivity index (χ1) is 11.5. The molecule has 1 saturated carbocycles. The summed E-state index contributed by atoms with van der Waals surface area (Å²) in [4.78, 5) is 36.8. The maximum atomic E-state index is 12.2. The molecule has 0 aromatic heterocycles. The van der Waals surface area contributed by atoms with Crippen LogP contribution in [0.3, 0.4) is 0 Å². The summed E-state index contributed by atoms with van der Waals surface area (Å²) < 4.78 is 0. The van der Waals surface area contributed by atoms with E-state index in [1.807, 2.05) is 7.05 Å². The highest BCUT2D eigenvalue weighted by Gasteiger charge is 2.45. The largest absolute Gasteiger partial charge is 0.503 e. The van der Waals surface area contributed by atoms with Crippen LogP contribution in [-0.2, 0) is 14.4 Å². The van der Waals surface area contributed by atoms with Crippen LogP contribution in [0, 0.1) is 0 Å². The molecule has 0 spiro atoms. The number of nitrogens with zero attached hydrogens (tertiary/aromatic N) is 1. The summed E-state index contributed by atoms with van der Waals surface area (Å²) in [7, 11) is 1.93. The molecule has 0 radical (unpaired) electrons. The molecule has 7 heteroatoms. The smallest absolute Gasteiger partial charge is 0.290 e. The third-order valence-electron chi connectivity index (χ3n) is 4.32. The zero-order chi connectivity index (χ0) is 18.1. The Morgan fingerprint density at radius 3 is 2.29 bits per heavy atom. The lowest BCUT2D eigenvalue weighted by Crippen LogP contribution is -2.46. The summed E-state index contributed by atoms with van der Waals surface area (Å²) in [5, 5.41) is 15.4. The summed E-state index contributed by atoms with van der Waals surface area (Å²) >= 11 is 0. The highest BCUT2D eigenvalue weighted by atomic mass is 16.3. The minimum Gasteiger partial charge on any atom is -0.503 e. The number of rotatable bonds is 5. The van der Waals surface area contributed by atoms with Crippen LogP contribution in [0.1, 0.15) is 46.0 Å². The van der Waals surface area contributed by atoms with Crippen molar-refractivity contribution in [1.82, 2.24) is 15.5 Å². The first-order valence-corrected chi connectivity index (χ1v) is 8.67. The van der Waals surface area contributed by atoms with Crippen LogP contribution in [0.5, 0.6) is 0 Å². The number of aldehydes is 1. The van der Waals surface area contributed by atoms with Crippen LogP contribution in [0.2, 0.25) is 0 Å². The van der Waals surface area contributed by atoms with Gasteiger partial charge in [0.15, 0.2) is 5.76 Å². The first-order valence-electron chi connectivity index (χ1n) is 8.67. The van der Waals surface area contributed by atoms with Gasteiger partial charge in [0, 0.05) is 12.6 Å². The van der Waals surface area contributed by atoms with Crippen LogP contribution >= 0.6 is 0 Å². The van der Waals surface area contributed by atoms with E-state index in [4.69, 9.17) is 0 Å². The van der Waals surface area contributed by atoms with Crippen molar-refractivity contribution in [3.05, 3.63) is 11.3 Å². The van der Waals surface area contributed by atoms with E-state index in [1.54, 1.807) is 6.92 Å². The number of nitrogens with one attached hydrogen (secondary N) is 2. The SMILES string of the molecule is CCNC.CCNC(=O)C1=C(O)C(=O)N(C2CCCCC2)C1C=O. The molecule has 1 atom stereocenters. The van der Waals surface area contributed by atoms with Gasteiger partial charge in [0.25, 0.3) is 11.8 Å². The molecule has 0 aromatic carbocycles. The van der Waals surface area contributed by atoms with Crippen molar-refractivity contribution in [3.63, 3.8) is 0 Å². The molecule has 0 aromatic rings. The molecule has 1 heterocycles. The van der Waals surface area contributed by atoms with Gasteiger partial charge in [-0.15, -0.1) is 0 Å². The molecule has 3 N–H and O–H groups in total. The Kier molecular flexibility index (Phi) is 8.46. The van der Waals surface area contributed by atoms with Crippen molar-refractivity contribution in [2.45, 2.75) is 58.0 Å². The quantitative estimate of drug-likeness (QED) is 0.647. The maximum absolute atomic E-state index is 12.2. The summed E-state index contributed by atoms with van der Waals surface area (Å²) in [6, 6.07) is -1.03. The lowest BCUT2D eigenvalue weighted by molar-refractivity contribution is -0.134. The van der Waals surface area contributed by atoms with Gasteiger partial charge in [0.05, 0.1) is 5.57 Å². The number of amides is 2. The fraction of sp³-hybridized carbons (Fsp3) is 0.706. The van der Waals surface area contributed by atoms with Crippen LogP contribution < -0.4 is 10.6 Å². The van der Waals surface area contributed by atoms with Gasteiger partial charge in [0.2, 0.25) is 0 Å². The molecule has 2 amide bonds. The van der Waals surface area contributed by atoms with Crippen molar-refractivity contribution in [3.8, 4) is 0 Å². The summed E-state index contributed by atoms with van der Waals surface area (Å²) in [6.45, 7) is 5.25. The van der Waals surface area contributed by atoms with Crippen LogP contribution in [0.4, 0.5) is 0 Å². The third-order valence-corrected chi connectivity index (χ3v) is 4.32. The molecule has 2 rings (SSSR count). The Bertz CT molecular complexity index is 482. The lowest BCUT2D eigenvalue weighted by Gasteiger charge is -2.34. The Balaban J connectivity index is 0.000000648. The zero-order valence-electron chi connectivity index (χ0n) is 14.8. The van der Waals surface area contributed by atoms with E-state index in [0.717, 1.165) is 38.6 Å². The molecule has 7 nitrogen and oxygen atoms in total. The van der Waals surface area contributed by atoms with Gasteiger partial charge in [0.1, 0.15) is 12.3 Å². The lowest BCUT2D eigenvalue weighted by atomic mass is 9.93. The molecule has 0 bridgehead atoms. The molecule has 2 aliphatic rings. The van der Waals surface area contributed by atoms with E-state index in [2.05, 4.69) is 17.6 Å². The molecule has 1 fully saturated rings. The number of aliphatic hydroxyl groups is 1. The van der Waals surface area contributed by atoms with Gasteiger partial charge in [-0.2, -0.15) is 0 Å². The standard InChI is InChI=1S/C14H20N2O4.C3H9N/c1-2-15-13(19)11-10(8-17)16(14(20)12(11)18)9-6-4-3-5-7-9;1-3-4-2/h8-10,18H,2-7H2,1H3,(H,15,19);4H,3H2,1-2H3. The molecule has 0 saturated heterocycles. The van der Waals surface area contributed by atoms with Gasteiger partial charge in [-0.3, -0.25) is 9.59 Å². The molecule has 136 valence electrons. The average molecular weight is 339 g/mol. The second-order valence-electron chi connectivity index (χ2n) is 5.91. The van der Waals surface area contributed by atoms with Crippen molar-refractivity contribution >= 4 is 18.1 Å². The number of carbonyl (C=O) groups is 3. The minimum absolute atomic E-state index is 0.0690. The van der Waals surface area contributed by atoms with E-state index >= 15 is 0 Å². The molecule has 24 heavy (non-hydrogen) atoms. The number of carbonyl (C=O) groups excluding carboxylic acids is 3. The van der Waals surface area contributed by atoms with Crippen molar-refractivity contribution in [1.29, 1.82) is 0 Å². The molecular weight excluding hydrogens is 310 g/mol. The maximum Gasteiger partial charge on any atom is 0.290 e. The average Bonchev–Trinajstić information content (AvgIpc) is 2.87. The van der Waals surface area contributed by atoms with Crippen LogP contribution in [0.25, 0.3) is 0 Å². The van der Waals surface area contributed by atoms with Crippen molar-refractivity contribution in [2.24, 2.45) is 0 Å². The fourth-order valence-electron chi connectivity index (χ4n) is 3.03. The van der Waals surface area contributed by atoms with E-state index in [-0.39, 0.29) is 11.6 Å². The van der Waals surface area contributed by atoms with Crippen LogP contribution in [-0.4, -0.2) is 60.3 Å². The van der Waals surface area contributed by atoms with E-state index in [1.165, 1.54) is 4.90 Å². The molecule has 1 aliphatic carbocycles. The molecule has 1 aliphatic heterocycles. The Morgan fingerprint density at radius 2 is 1.83 bits per heavy atom. The molecule has 1 unspecified atom stereocenters. The Labute approximate surface area is 143 Å². The van der Waals surface area contributed by atoms with Gasteiger partial charge in [-0.25, -0.2) is 0 Å². The topological polar surface area (TPSA) is 98.7 Å². The van der Waals surface area contributed by atoms with Crippen molar-refractivity contribution < 1.29 is 19.5 Å². The Hall–Kier alpha value is -1.89. The zero-order valence-corrected chi connectivity index (χ0v) is 14.8. The highest BCUT2D eigenvalue weighted by molar-refractivity contribution is 6.11. The van der Waals surface area contributed by atoms with E-state index < -0.39 is 23.6 Å². The van der Waals surface area contributed by atoms with E-state index in [9.17, 15) is 19.5 Å². The normalized spacial score (nSPS) is 21.4. The minimum atomic E-state index is -0.961. The third kappa shape index (κ3) is 4.56. The molecular formula is C17H29N3O4. The number of likely N-dealkylation sites (N-methyl/N-ethyl adjacent to an activating group) is 1. The number of aliphatic hydroxyl groups excluding tert-OH is 1. The predicted octanol–water partition coefficient (Wildman–Crippen LogP) is 0.903. The van der Waals surface area contributed by atoms with E-state index in [0.29, 0.717) is 12.8 Å². The van der Waals surface area contributed by atoms with Gasteiger partial charge in [-0.05, 0) is 33.4 Å². The van der Waals surface area contributed by atoms with Crippen LogP contribution in [0.15, 0.2) is 11.3 Å². The van der Waals surface area contributed by atoms with Gasteiger partial charge in [-0.1, -0.05) is 26.2 Å².